The summed E-state index contributed by atoms with van der Waals surface area (Å²) < 4.78 is 38.2. The van der Waals surface area contributed by atoms with Crippen LogP contribution in [0.15, 0.2) is 28.7 Å². The first-order valence-corrected chi connectivity index (χ1v) is 13.0. The average molecular weight is 492 g/mol. The Balaban J connectivity index is 1.43. The maximum absolute atomic E-state index is 11.9. The molecule has 0 saturated carbocycles. The molecule has 1 saturated heterocycles. The van der Waals surface area contributed by atoms with Crippen LogP contribution in [0.5, 0.6) is 5.75 Å². The molecular weight excluding hydrogens is 462 g/mol. The molecule has 1 aromatic carbocycles. The number of benzene rings is 1. The summed E-state index contributed by atoms with van der Waals surface area (Å²) in [4.78, 5) is 2.41. The van der Waals surface area contributed by atoms with Gasteiger partial charge >= 0.3 is 0 Å². The number of ether oxygens (including phenoxy) is 1. The molecule has 1 atom stereocenters. The summed E-state index contributed by atoms with van der Waals surface area (Å²) in [5.41, 5.74) is 4.06. The summed E-state index contributed by atoms with van der Waals surface area (Å²) in [7, 11) is 0.652. The summed E-state index contributed by atoms with van der Waals surface area (Å²) in [6, 6.07) is 7.67. The van der Waals surface area contributed by atoms with Crippen molar-refractivity contribution in [2.45, 2.75) is 45.9 Å². The maximum atomic E-state index is 11.9. The minimum Gasteiger partial charge on any atom is -0.497 e. The SMILES string of the molecule is COc1ccc(Cc2nn(CN(C)Cc3c(C)nn([C@H]4CCS(=O)(=O)C4)c3C)c(=S)o2)cc1. The van der Waals surface area contributed by atoms with Gasteiger partial charge in [0.05, 0.1) is 43.4 Å². The van der Waals surface area contributed by atoms with Crippen LogP contribution >= 0.6 is 12.2 Å². The molecule has 3 heterocycles. The van der Waals surface area contributed by atoms with Gasteiger partial charge in [-0.25, -0.2) is 13.1 Å². The topological polar surface area (TPSA) is 95.4 Å². The molecule has 1 fully saturated rings. The summed E-state index contributed by atoms with van der Waals surface area (Å²) in [6.45, 7) is 5.07. The second-order valence-corrected chi connectivity index (χ2v) is 11.2. The molecule has 0 N–H and O–H groups in total. The molecule has 33 heavy (non-hydrogen) atoms. The molecule has 0 unspecified atom stereocenters. The minimum atomic E-state index is -2.97. The zero-order valence-electron chi connectivity index (χ0n) is 19.3. The zero-order chi connectivity index (χ0) is 23.8. The van der Waals surface area contributed by atoms with E-state index in [1.807, 2.05) is 49.8 Å². The third kappa shape index (κ3) is 5.36. The van der Waals surface area contributed by atoms with Crippen LogP contribution in [0, 0.1) is 18.7 Å². The van der Waals surface area contributed by atoms with Crippen LogP contribution in [-0.4, -0.2) is 58.5 Å². The lowest BCUT2D eigenvalue weighted by Gasteiger charge is -2.17. The zero-order valence-corrected chi connectivity index (χ0v) is 20.9. The maximum Gasteiger partial charge on any atom is 0.288 e. The van der Waals surface area contributed by atoms with Crippen LogP contribution in [0.1, 0.15) is 40.9 Å². The van der Waals surface area contributed by atoms with E-state index in [2.05, 4.69) is 15.1 Å². The molecule has 11 heteroatoms. The quantitative estimate of drug-likeness (QED) is 0.444. The molecular formula is C22H29N5O4S2. The van der Waals surface area contributed by atoms with E-state index in [4.69, 9.17) is 21.4 Å². The number of sulfone groups is 1. The summed E-state index contributed by atoms with van der Waals surface area (Å²) >= 11 is 5.38. The van der Waals surface area contributed by atoms with Gasteiger partial charge in [-0.1, -0.05) is 12.1 Å². The van der Waals surface area contributed by atoms with Crippen molar-refractivity contribution in [2.75, 3.05) is 25.7 Å². The van der Waals surface area contributed by atoms with Gasteiger partial charge in [-0.2, -0.15) is 5.10 Å². The number of methoxy groups -OCH3 is 1. The van der Waals surface area contributed by atoms with Crippen LogP contribution < -0.4 is 4.74 Å². The van der Waals surface area contributed by atoms with Gasteiger partial charge in [-0.3, -0.25) is 9.58 Å². The molecule has 0 spiro atoms. The van der Waals surface area contributed by atoms with Gasteiger partial charge in [0.25, 0.3) is 4.84 Å². The van der Waals surface area contributed by atoms with E-state index in [0.29, 0.717) is 36.8 Å². The standard InChI is InChI=1S/C22H29N5O4S2/c1-15-20(16(2)27(23-15)18-9-10-33(28,29)13-18)12-25(3)14-26-22(32)31-21(24-26)11-17-5-7-19(30-4)8-6-17/h5-8,18H,9-14H2,1-4H3/t18-/m0/s1. The molecule has 3 aromatic rings. The Bertz CT molecular complexity index is 1290. The summed E-state index contributed by atoms with van der Waals surface area (Å²) in [5, 5.41) is 9.20. The molecule has 0 aliphatic carbocycles. The van der Waals surface area contributed by atoms with E-state index in [1.165, 1.54) is 0 Å². The van der Waals surface area contributed by atoms with Gasteiger partial charge in [-0.05, 0) is 57.2 Å². The highest BCUT2D eigenvalue weighted by molar-refractivity contribution is 7.91. The Morgan fingerprint density at radius 1 is 1.24 bits per heavy atom. The summed E-state index contributed by atoms with van der Waals surface area (Å²) in [5.74, 6) is 1.75. The smallest absolute Gasteiger partial charge is 0.288 e. The van der Waals surface area contributed by atoms with E-state index in [-0.39, 0.29) is 17.5 Å². The molecule has 0 amide bonds. The fraction of sp³-hybridized carbons (Fsp3) is 0.500. The van der Waals surface area contributed by atoms with Gasteiger partial charge < -0.3 is 9.15 Å². The first kappa shape index (κ1) is 23.7. The molecule has 1 aliphatic rings. The number of aryl methyl sites for hydroxylation is 1. The van der Waals surface area contributed by atoms with Crippen molar-refractivity contribution in [1.29, 1.82) is 0 Å². The molecule has 0 radical (unpaired) electrons. The number of nitrogens with zero attached hydrogens (tertiary/aromatic N) is 5. The fourth-order valence-electron chi connectivity index (χ4n) is 4.23. The van der Waals surface area contributed by atoms with Crippen molar-refractivity contribution < 1.29 is 17.6 Å². The van der Waals surface area contributed by atoms with Crippen LogP contribution in [0.4, 0.5) is 0 Å². The van der Waals surface area contributed by atoms with Crippen molar-refractivity contribution in [3.8, 4) is 5.75 Å². The van der Waals surface area contributed by atoms with Gasteiger partial charge in [-0.15, -0.1) is 5.10 Å². The third-order valence-corrected chi connectivity index (χ3v) is 8.04. The van der Waals surface area contributed by atoms with Crippen molar-refractivity contribution >= 4 is 22.1 Å². The van der Waals surface area contributed by atoms with E-state index in [9.17, 15) is 8.42 Å². The fourth-order valence-corrected chi connectivity index (χ4v) is 6.11. The molecule has 4 rings (SSSR count). The largest absolute Gasteiger partial charge is 0.497 e. The van der Waals surface area contributed by atoms with Crippen LogP contribution in [0.2, 0.25) is 0 Å². The highest BCUT2D eigenvalue weighted by atomic mass is 32.2. The first-order valence-electron chi connectivity index (χ1n) is 10.8. The lowest BCUT2D eigenvalue weighted by molar-refractivity contribution is 0.239. The van der Waals surface area contributed by atoms with Gasteiger partial charge in [0.2, 0.25) is 5.89 Å². The van der Waals surface area contributed by atoms with Crippen LogP contribution in [0.25, 0.3) is 0 Å². The molecule has 0 bridgehead atoms. The molecule has 2 aromatic heterocycles. The summed E-state index contributed by atoms with van der Waals surface area (Å²) in [6.07, 6.45) is 1.16. The highest BCUT2D eigenvalue weighted by Gasteiger charge is 2.31. The van der Waals surface area contributed by atoms with Crippen molar-refractivity contribution in [3.05, 3.63) is 57.5 Å². The van der Waals surface area contributed by atoms with Crippen LogP contribution in [0.3, 0.4) is 0 Å². The van der Waals surface area contributed by atoms with Crippen molar-refractivity contribution in [1.82, 2.24) is 24.5 Å². The second-order valence-electron chi connectivity index (χ2n) is 8.59. The van der Waals surface area contributed by atoms with E-state index < -0.39 is 9.84 Å². The first-order chi connectivity index (χ1) is 15.6. The van der Waals surface area contributed by atoms with E-state index in [1.54, 1.807) is 11.8 Å². The number of aromatic nitrogens is 4. The van der Waals surface area contributed by atoms with E-state index >= 15 is 0 Å². The molecule has 178 valence electrons. The van der Waals surface area contributed by atoms with Gasteiger partial charge in [0.1, 0.15) is 5.75 Å². The van der Waals surface area contributed by atoms with Crippen molar-refractivity contribution in [3.63, 3.8) is 0 Å². The normalized spacial score (nSPS) is 17.7. The average Bonchev–Trinajstić information content (AvgIpc) is 3.39. The molecule has 9 nitrogen and oxygen atoms in total. The minimum absolute atomic E-state index is 0.0857. The number of rotatable bonds is 8. The van der Waals surface area contributed by atoms with Gasteiger partial charge in [0.15, 0.2) is 9.84 Å². The monoisotopic (exact) mass is 491 g/mol. The molecule has 1 aliphatic heterocycles. The van der Waals surface area contributed by atoms with E-state index in [0.717, 1.165) is 28.3 Å². The Labute approximate surface area is 198 Å². The second kappa shape index (κ2) is 9.40. The Morgan fingerprint density at radius 2 is 1.97 bits per heavy atom. The van der Waals surface area contributed by atoms with Gasteiger partial charge in [0, 0.05) is 17.8 Å². The lowest BCUT2D eigenvalue weighted by Crippen LogP contribution is -2.23. The lowest BCUT2D eigenvalue weighted by atomic mass is 10.1. The Kier molecular flexibility index (Phi) is 6.73. The predicted octanol–water partition coefficient (Wildman–Crippen LogP) is 3.07. The van der Waals surface area contributed by atoms with Crippen molar-refractivity contribution in [2.24, 2.45) is 0 Å². The Morgan fingerprint density at radius 3 is 2.61 bits per heavy atom. The Hall–Kier alpha value is -2.50. The number of hydrogen-bond donors (Lipinski definition) is 0. The third-order valence-electron chi connectivity index (χ3n) is 6.00. The highest BCUT2D eigenvalue weighted by Crippen LogP contribution is 2.27. The van der Waals surface area contributed by atoms with Crippen LogP contribution in [-0.2, 0) is 29.5 Å². The number of hydrogen-bond acceptors (Lipinski definition) is 8. The predicted molar refractivity (Wildman–Crippen MR) is 127 cm³/mol.